The molecule has 112 valence electrons. The number of amides is 1. The number of nitrogens with one attached hydrogen (secondary N) is 1. The highest BCUT2D eigenvalue weighted by Crippen LogP contribution is 2.28. The van der Waals surface area contributed by atoms with Gasteiger partial charge in [-0.1, -0.05) is 0 Å². The quantitative estimate of drug-likeness (QED) is 0.766. The van der Waals surface area contributed by atoms with Gasteiger partial charge in [0.05, 0.1) is 6.61 Å². The van der Waals surface area contributed by atoms with E-state index in [1.54, 1.807) is 25.8 Å². The first-order chi connectivity index (χ1) is 9.42. The molecule has 1 rings (SSSR count). The third-order valence-corrected chi connectivity index (χ3v) is 3.56. The first-order valence-corrected chi connectivity index (χ1v) is 7.13. The van der Waals surface area contributed by atoms with Crippen molar-refractivity contribution in [1.29, 1.82) is 0 Å². The molecule has 0 bridgehead atoms. The fraction of sp³-hybridized carbons (Fsp3) is 0.583. The highest BCUT2D eigenvalue weighted by atomic mass is 32.1. The van der Waals surface area contributed by atoms with E-state index in [-0.39, 0.29) is 23.9 Å². The number of carbonyl (C=O) groups is 2. The highest BCUT2D eigenvalue weighted by Gasteiger charge is 2.24. The van der Waals surface area contributed by atoms with E-state index in [0.29, 0.717) is 11.5 Å². The van der Waals surface area contributed by atoms with Crippen LogP contribution in [0.3, 0.4) is 0 Å². The average Bonchev–Trinajstić information content (AvgIpc) is 2.78. The predicted octanol–water partition coefficient (Wildman–Crippen LogP) is 1.18. The van der Waals surface area contributed by atoms with E-state index in [9.17, 15) is 9.59 Å². The number of hydrogen-bond acceptors (Lipinski definition) is 7. The molecule has 0 aliphatic carbocycles. The highest BCUT2D eigenvalue weighted by molar-refractivity contribution is 7.11. The first kappa shape index (κ1) is 16.2. The number of nitrogens with two attached hydrogens (primary N) is 1. The third kappa shape index (κ3) is 3.60. The van der Waals surface area contributed by atoms with Crippen molar-refractivity contribution in [2.24, 2.45) is 0 Å². The molecule has 1 atom stereocenters. The minimum absolute atomic E-state index is 0.0747. The third-order valence-electron chi connectivity index (χ3n) is 2.77. The normalized spacial score (nSPS) is 11.8. The van der Waals surface area contributed by atoms with Crippen LogP contribution >= 0.6 is 11.5 Å². The largest absolute Gasteiger partial charge is 0.462 e. The van der Waals surface area contributed by atoms with E-state index >= 15 is 0 Å². The summed E-state index contributed by atoms with van der Waals surface area (Å²) in [4.78, 5) is 25.4. The van der Waals surface area contributed by atoms with Gasteiger partial charge in [-0.25, -0.2) is 4.79 Å². The van der Waals surface area contributed by atoms with Gasteiger partial charge in [0.1, 0.15) is 16.6 Å². The summed E-state index contributed by atoms with van der Waals surface area (Å²) in [5.41, 5.74) is 5.86. The maximum atomic E-state index is 12.0. The van der Waals surface area contributed by atoms with E-state index < -0.39 is 12.0 Å². The number of nitrogen functional groups attached to an aromatic ring is 1. The van der Waals surface area contributed by atoms with Crippen LogP contribution in [0, 0.1) is 0 Å². The van der Waals surface area contributed by atoms with Gasteiger partial charge in [0, 0.05) is 13.6 Å². The summed E-state index contributed by atoms with van der Waals surface area (Å²) in [5, 5.41) is 3.42. The number of carbonyl (C=O) groups excluding carboxylic acids is 2. The lowest BCUT2D eigenvalue weighted by Crippen LogP contribution is -2.38. The molecule has 0 aliphatic heterocycles. The maximum absolute atomic E-state index is 12.0. The number of nitrogens with zero attached hydrogens (tertiary/aromatic N) is 2. The Morgan fingerprint density at radius 1 is 1.50 bits per heavy atom. The van der Waals surface area contributed by atoms with Crippen LogP contribution in [-0.4, -0.2) is 47.4 Å². The molecule has 20 heavy (non-hydrogen) atoms. The summed E-state index contributed by atoms with van der Waals surface area (Å²) < 4.78 is 8.86. The number of anilines is 2. The van der Waals surface area contributed by atoms with Crippen LogP contribution in [0.4, 0.5) is 10.8 Å². The lowest BCUT2D eigenvalue weighted by atomic mass is 10.2. The van der Waals surface area contributed by atoms with Gasteiger partial charge in [-0.3, -0.25) is 4.79 Å². The van der Waals surface area contributed by atoms with Crippen LogP contribution in [0.25, 0.3) is 0 Å². The lowest BCUT2D eigenvalue weighted by molar-refractivity contribution is -0.130. The Morgan fingerprint density at radius 2 is 2.15 bits per heavy atom. The molecule has 1 unspecified atom stereocenters. The number of ether oxygens (including phenoxy) is 1. The average molecular weight is 300 g/mol. The molecule has 0 fully saturated rings. The Hall–Kier alpha value is -1.83. The van der Waals surface area contributed by atoms with E-state index in [1.807, 2.05) is 6.92 Å². The zero-order chi connectivity index (χ0) is 15.3. The van der Waals surface area contributed by atoms with Gasteiger partial charge < -0.3 is 20.7 Å². The van der Waals surface area contributed by atoms with Crippen molar-refractivity contribution in [2.45, 2.75) is 26.8 Å². The maximum Gasteiger partial charge on any atom is 0.344 e. The number of aromatic nitrogens is 1. The number of esters is 1. The number of rotatable bonds is 6. The van der Waals surface area contributed by atoms with Crippen molar-refractivity contribution in [3.05, 3.63) is 5.56 Å². The Labute approximate surface area is 122 Å². The fourth-order valence-electron chi connectivity index (χ4n) is 1.55. The number of likely N-dealkylation sites (N-methyl/N-ethyl adjacent to an activating group) is 1. The van der Waals surface area contributed by atoms with Crippen LogP contribution in [-0.2, 0) is 9.53 Å². The Kier molecular flexibility index (Phi) is 5.75. The molecular weight excluding hydrogens is 280 g/mol. The van der Waals surface area contributed by atoms with Crippen molar-refractivity contribution in [3.63, 3.8) is 0 Å². The Bertz CT molecular complexity index is 489. The van der Waals surface area contributed by atoms with E-state index in [4.69, 9.17) is 10.5 Å². The van der Waals surface area contributed by atoms with E-state index in [1.165, 1.54) is 0 Å². The molecule has 1 aromatic rings. The second-order valence-electron chi connectivity index (χ2n) is 4.21. The van der Waals surface area contributed by atoms with Crippen molar-refractivity contribution < 1.29 is 14.3 Å². The molecule has 1 heterocycles. The molecule has 0 spiro atoms. The van der Waals surface area contributed by atoms with Crippen molar-refractivity contribution in [1.82, 2.24) is 9.27 Å². The number of hydrogen-bond donors (Lipinski definition) is 2. The lowest BCUT2D eigenvalue weighted by Gasteiger charge is -2.20. The molecule has 1 aromatic heterocycles. The van der Waals surface area contributed by atoms with Crippen LogP contribution in [0.2, 0.25) is 0 Å². The molecule has 0 saturated carbocycles. The van der Waals surface area contributed by atoms with Crippen molar-refractivity contribution in [3.8, 4) is 0 Å². The van der Waals surface area contributed by atoms with Crippen LogP contribution < -0.4 is 11.1 Å². The summed E-state index contributed by atoms with van der Waals surface area (Å²) in [6.07, 6.45) is 0. The monoisotopic (exact) mass is 300 g/mol. The van der Waals surface area contributed by atoms with Gasteiger partial charge in [0.2, 0.25) is 5.91 Å². The van der Waals surface area contributed by atoms with Gasteiger partial charge in [-0.05, 0) is 32.3 Å². The predicted molar refractivity (Wildman–Crippen MR) is 78.9 cm³/mol. The fourth-order valence-corrected chi connectivity index (χ4v) is 2.34. The summed E-state index contributed by atoms with van der Waals surface area (Å²) in [6.45, 7) is 6.18. The van der Waals surface area contributed by atoms with Gasteiger partial charge >= 0.3 is 5.97 Å². The van der Waals surface area contributed by atoms with Crippen LogP contribution in [0.1, 0.15) is 31.1 Å². The van der Waals surface area contributed by atoms with Crippen molar-refractivity contribution in [2.75, 3.05) is 31.2 Å². The molecule has 3 N–H and O–H groups in total. The van der Waals surface area contributed by atoms with E-state index in [0.717, 1.165) is 11.5 Å². The topological polar surface area (TPSA) is 97.5 Å². The smallest absolute Gasteiger partial charge is 0.344 e. The first-order valence-electron chi connectivity index (χ1n) is 6.36. The molecule has 1 amide bonds. The summed E-state index contributed by atoms with van der Waals surface area (Å²) in [7, 11) is 1.72. The van der Waals surface area contributed by atoms with Crippen LogP contribution in [0.15, 0.2) is 0 Å². The van der Waals surface area contributed by atoms with Gasteiger partial charge in [-0.15, -0.1) is 0 Å². The standard InChI is InChI=1S/C12H20N4O3S/c1-5-16(4)11(17)7(3)14-10-8(9(13)15-20-10)12(18)19-6-2/h7,14H,5-6H2,1-4H3,(H2,13,15). The van der Waals surface area contributed by atoms with Gasteiger partial charge in [0.15, 0.2) is 5.82 Å². The molecule has 0 aromatic carbocycles. The summed E-state index contributed by atoms with van der Waals surface area (Å²) >= 11 is 1.04. The Morgan fingerprint density at radius 3 is 2.70 bits per heavy atom. The van der Waals surface area contributed by atoms with Crippen LogP contribution in [0.5, 0.6) is 0 Å². The second kappa shape index (κ2) is 7.09. The zero-order valence-corrected chi connectivity index (χ0v) is 12.9. The SMILES string of the molecule is CCOC(=O)c1c(N)nsc1NC(C)C(=O)N(C)CC. The molecule has 0 saturated heterocycles. The van der Waals surface area contributed by atoms with E-state index in [2.05, 4.69) is 9.69 Å². The van der Waals surface area contributed by atoms with Gasteiger partial charge in [-0.2, -0.15) is 4.37 Å². The Balaban J connectivity index is 2.88. The molecule has 7 nitrogen and oxygen atoms in total. The summed E-state index contributed by atoms with van der Waals surface area (Å²) in [6, 6.07) is -0.479. The molecular formula is C12H20N4O3S. The minimum Gasteiger partial charge on any atom is -0.462 e. The molecule has 8 heteroatoms. The van der Waals surface area contributed by atoms with Gasteiger partial charge in [0.25, 0.3) is 0 Å². The molecule has 0 radical (unpaired) electrons. The minimum atomic E-state index is -0.537. The summed E-state index contributed by atoms with van der Waals surface area (Å²) in [5.74, 6) is -0.501. The van der Waals surface area contributed by atoms with Crippen molar-refractivity contribution >= 4 is 34.2 Å². The second-order valence-corrected chi connectivity index (χ2v) is 4.98. The molecule has 0 aliphatic rings. The zero-order valence-electron chi connectivity index (χ0n) is 12.1.